The van der Waals surface area contributed by atoms with Crippen LogP contribution in [0.15, 0.2) is 55.1 Å². The van der Waals surface area contributed by atoms with Crippen LogP contribution in [0.1, 0.15) is 29.7 Å². The quantitative estimate of drug-likeness (QED) is 0.317. The molecule has 4 heterocycles. The van der Waals surface area contributed by atoms with Gasteiger partial charge in [-0.05, 0) is 51.1 Å². The molecular formula is C29H33N9. The molecule has 0 N–H and O–H groups in total. The molecule has 1 aromatic carbocycles. The summed E-state index contributed by atoms with van der Waals surface area (Å²) in [6, 6.07) is 10.7. The molecule has 0 saturated carbocycles. The van der Waals surface area contributed by atoms with Gasteiger partial charge in [0, 0.05) is 55.4 Å². The fraction of sp³-hybridized carbons (Fsp3) is 0.345. The van der Waals surface area contributed by atoms with Gasteiger partial charge >= 0.3 is 0 Å². The zero-order valence-corrected chi connectivity index (χ0v) is 22.5. The minimum Gasteiger partial charge on any atom is -0.308 e. The Morgan fingerprint density at radius 1 is 0.921 bits per heavy atom. The Morgan fingerprint density at radius 3 is 2.50 bits per heavy atom. The molecule has 38 heavy (non-hydrogen) atoms. The summed E-state index contributed by atoms with van der Waals surface area (Å²) in [7, 11) is 6.18. The summed E-state index contributed by atoms with van der Waals surface area (Å²) in [5.74, 6) is 0.786. The second-order valence-electron chi connectivity index (χ2n) is 10.2. The lowest BCUT2D eigenvalue weighted by molar-refractivity contribution is 0.373. The van der Waals surface area contributed by atoms with E-state index in [1.54, 1.807) is 0 Å². The fourth-order valence-corrected chi connectivity index (χ4v) is 5.11. The maximum atomic E-state index is 5.05. The molecule has 4 aromatic heterocycles. The van der Waals surface area contributed by atoms with E-state index in [0.29, 0.717) is 6.42 Å². The summed E-state index contributed by atoms with van der Waals surface area (Å²) < 4.78 is 5.93. The van der Waals surface area contributed by atoms with E-state index in [1.807, 2.05) is 45.7 Å². The van der Waals surface area contributed by atoms with E-state index in [9.17, 15) is 0 Å². The topological polar surface area (TPSA) is 82.5 Å². The van der Waals surface area contributed by atoms with Crippen molar-refractivity contribution in [1.29, 1.82) is 0 Å². The monoisotopic (exact) mass is 507 g/mol. The molecule has 0 saturated heterocycles. The Kier molecular flexibility index (Phi) is 6.37. The zero-order valence-electron chi connectivity index (χ0n) is 22.5. The Bertz CT molecular complexity index is 1570. The van der Waals surface area contributed by atoms with Crippen molar-refractivity contribution < 1.29 is 0 Å². The lowest BCUT2D eigenvalue weighted by Gasteiger charge is -2.16. The highest BCUT2D eigenvalue weighted by atomic mass is 15.3. The molecule has 5 aromatic rings. The van der Waals surface area contributed by atoms with Crippen LogP contribution >= 0.6 is 0 Å². The molecule has 9 nitrogen and oxygen atoms in total. The van der Waals surface area contributed by atoms with Gasteiger partial charge in [-0.25, -0.2) is 9.97 Å². The van der Waals surface area contributed by atoms with Crippen LogP contribution in [0.4, 0.5) is 0 Å². The van der Waals surface area contributed by atoms with Gasteiger partial charge in [0.15, 0.2) is 0 Å². The van der Waals surface area contributed by atoms with E-state index in [-0.39, 0.29) is 0 Å². The maximum absolute atomic E-state index is 5.05. The van der Waals surface area contributed by atoms with Crippen molar-refractivity contribution in [3.05, 3.63) is 77.9 Å². The third-order valence-electron chi connectivity index (χ3n) is 7.16. The molecule has 1 aliphatic carbocycles. The smallest absolute Gasteiger partial charge is 0.134 e. The van der Waals surface area contributed by atoms with Crippen LogP contribution in [0.3, 0.4) is 0 Å². The predicted octanol–water partition coefficient (Wildman–Crippen LogP) is 3.88. The van der Waals surface area contributed by atoms with Crippen molar-refractivity contribution in [2.45, 2.75) is 39.3 Å². The van der Waals surface area contributed by atoms with Crippen molar-refractivity contribution in [3.63, 3.8) is 0 Å². The predicted molar refractivity (Wildman–Crippen MR) is 148 cm³/mol. The Labute approximate surface area is 222 Å². The number of nitrogens with zero attached hydrogens (tertiary/aromatic N) is 9. The number of hydrogen-bond donors (Lipinski definition) is 0. The molecule has 0 unspecified atom stereocenters. The Balaban J connectivity index is 1.31. The number of fused-ring (bicyclic) bond motifs is 3. The summed E-state index contributed by atoms with van der Waals surface area (Å²) in [5, 5.41) is 14.0. The van der Waals surface area contributed by atoms with E-state index in [4.69, 9.17) is 10.1 Å². The largest absolute Gasteiger partial charge is 0.308 e. The molecule has 0 atom stereocenters. The van der Waals surface area contributed by atoms with Gasteiger partial charge in [0.2, 0.25) is 0 Å². The second kappa shape index (κ2) is 9.98. The Hall–Kier alpha value is -4.11. The minimum absolute atomic E-state index is 0.613. The van der Waals surface area contributed by atoms with Crippen LogP contribution in [0, 0.1) is 0 Å². The number of rotatable bonds is 8. The first-order chi connectivity index (χ1) is 18.5. The molecule has 0 amide bonds. The first-order valence-corrected chi connectivity index (χ1v) is 13.2. The molecule has 0 radical (unpaired) electrons. The summed E-state index contributed by atoms with van der Waals surface area (Å²) in [4.78, 5) is 11.9. The van der Waals surface area contributed by atoms with Gasteiger partial charge in [0.05, 0.1) is 41.9 Å². The third-order valence-corrected chi connectivity index (χ3v) is 7.16. The SMILES string of the molecule is CCn1ccc(Cc2ncc3c(n2)-c2c(nn(C)c2-c2ccc(-c4cnn(CCN(C)C)c4)cc2)CC3)n1. The van der Waals surface area contributed by atoms with Gasteiger partial charge < -0.3 is 4.90 Å². The van der Waals surface area contributed by atoms with E-state index < -0.39 is 0 Å². The highest BCUT2D eigenvalue weighted by Gasteiger charge is 2.27. The second-order valence-corrected chi connectivity index (χ2v) is 10.2. The first-order valence-electron chi connectivity index (χ1n) is 13.2. The minimum atomic E-state index is 0.613. The molecule has 0 spiro atoms. The highest BCUT2D eigenvalue weighted by molar-refractivity contribution is 5.84. The molecule has 194 valence electrons. The van der Waals surface area contributed by atoms with Gasteiger partial charge in [-0.1, -0.05) is 24.3 Å². The number of aromatic nitrogens is 8. The third kappa shape index (κ3) is 4.65. The van der Waals surface area contributed by atoms with Gasteiger partial charge in [-0.3, -0.25) is 14.0 Å². The zero-order chi connectivity index (χ0) is 26.2. The number of hydrogen-bond acceptors (Lipinski definition) is 6. The number of likely N-dealkylation sites (N-methyl/N-ethyl adjacent to an activating group) is 1. The lowest BCUT2D eigenvalue weighted by Crippen LogP contribution is -2.18. The maximum Gasteiger partial charge on any atom is 0.134 e. The normalized spacial score (nSPS) is 12.7. The van der Waals surface area contributed by atoms with Gasteiger partial charge in [0.1, 0.15) is 5.82 Å². The highest BCUT2D eigenvalue weighted by Crippen LogP contribution is 2.39. The molecule has 1 aliphatic rings. The van der Waals surface area contributed by atoms with Crippen LogP contribution in [0.25, 0.3) is 33.6 Å². The number of benzene rings is 1. The summed E-state index contributed by atoms with van der Waals surface area (Å²) in [6.07, 6.45) is 10.5. The van der Waals surface area contributed by atoms with Crippen molar-refractivity contribution in [2.75, 3.05) is 20.6 Å². The van der Waals surface area contributed by atoms with Crippen molar-refractivity contribution >= 4 is 0 Å². The van der Waals surface area contributed by atoms with E-state index in [1.165, 1.54) is 5.56 Å². The fourth-order valence-electron chi connectivity index (χ4n) is 5.11. The van der Waals surface area contributed by atoms with Gasteiger partial charge in [-0.2, -0.15) is 15.3 Å². The molecule has 6 rings (SSSR count). The average molecular weight is 508 g/mol. The van der Waals surface area contributed by atoms with E-state index >= 15 is 0 Å². The molecule has 0 fully saturated rings. The van der Waals surface area contributed by atoms with Crippen LogP contribution in [0.2, 0.25) is 0 Å². The van der Waals surface area contributed by atoms with Crippen molar-refractivity contribution in [1.82, 2.24) is 44.2 Å². The van der Waals surface area contributed by atoms with Crippen molar-refractivity contribution in [2.24, 2.45) is 7.05 Å². The van der Waals surface area contributed by atoms with Crippen LogP contribution < -0.4 is 0 Å². The Morgan fingerprint density at radius 2 is 1.74 bits per heavy atom. The van der Waals surface area contributed by atoms with Crippen LogP contribution in [0.5, 0.6) is 0 Å². The molecule has 0 aliphatic heterocycles. The summed E-state index contributed by atoms with van der Waals surface area (Å²) in [5.41, 5.74) is 9.87. The molecule has 0 bridgehead atoms. The van der Waals surface area contributed by atoms with Crippen molar-refractivity contribution in [3.8, 4) is 33.6 Å². The van der Waals surface area contributed by atoms with Crippen LogP contribution in [-0.2, 0) is 39.4 Å². The van der Waals surface area contributed by atoms with Gasteiger partial charge in [-0.15, -0.1) is 0 Å². The number of aryl methyl sites for hydroxylation is 4. The summed E-state index contributed by atoms with van der Waals surface area (Å²) >= 11 is 0. The van der Waals surface area contributed by atoms with Gasteiger partial charge in [0.25, 0.3) is 0 Å². The lowest BCUT2D eigenvalue weighted by atomic mass is 9.91. The molecule has 9 heteroatoms. The van der Waals surface area contributed by atoms with E-state index in [0.717, 1.165) is 83.3 Å². The van der Waals surface area contributed by atoms with E-state index in [2.05, 4.69) is 71.6 Å². The average Bonchev–Trinajstić information content (AvgIpc) is 3.66. The first kappa shape index (κ1) is 24.2. The molecular weight excluding hydrogens is 474 g/mol. The summed E-state index contributed by atoms with van der Waals surface area (Å²) in [6.45, 7) is 4.77. The van der Waals surface area contributed by atoms with Crippen LogP contribution in [-0.4, -0.2) is 64.8 Å². The standard InChI is InChI=1S/C29H33N9/c1-5-37-13-12-24(33-37)16-26-30-17-22-10-11-25-27(28(22)32-26)29(36(4)34-25)21-8-6-20(7-9-21)23-18-31-38(19-23)15-14-35(2)3/h6-9,12-13,17-19H,5,10-11,14-16H2,1-4H3.